The van der Waals surface area contributed by atoms with Crippen molar-refractivity contribution in [3.63, 3.8) is 0 Å². The average Bonchev–Trinajstić information content (AvgIpc) is 3.35. The minimum Gasteiger partial charge on any atom is -0.389 e. The lowest BCUT2D eigenvalue weighted by Crippen LogP contribution is -2.54. The van der Waals surface area contributed by atoms with Crippen LogP contribution in [0.1, 0.15) is 24.6 Å². The van der Waals surface area contributed by atoms with E-state index < -0.39 is 6.10 Å². The lowest BCUT2D eigenvalue weighted by Gasteiger charge is -2.39. The van der Waals surface area contributed by atoms with Gasteiger partial charge in [-0.2, -0.15) is 5.26 Å². The fourth-order valence-electron chi connectivity index (χ4n) is 4.06. The number of hydrogen-bond acceptors (Lipinski definition) is 9. The van der Waals surface area contributed by atoms with Crippen LogP contribution in [0, 0.1) is 17.1 Å². The van der Waals surface area contributed by atoms with Crippen molar-refractivity contribution >= 4 is 28.2 Å². The molecule has 2 N–H and O–H groups in total. The SMILES string of the molecule is C=CN=C(CC(=O)N1CC(O)C1)N(C)N(C)/C(CC)=C(\NC=C)N(C)c1nc(-c2ccc(F)cc2)c(C#N)s1. The van der Waals surface area contributed by atoms with Crippen molar-refractivity contribution in [3.8, 4) is 17.3 Å². The second-order valence-electron chi connectivity index (χ2n) is 8.75. The second-order valence-corrected chi connectivity index (χ2v) is 9.73. The number of halogens is 1. The van der Waals surface area contributed by atoms with Crippen molar-refractivity contribution < 1.29 is 14.3 Å². The van der Waals surface area contributed by atoms with Crippen LogP contribution in [0.3, 0.4) is 0 Å². The van der Waals surface area contributed by atoms with Gasteiger partial charge in [0.15, 0.2) is 5.13 Å². The number of aliphatic hydroxyl groups excluding tert-OH is 1. The number of aromatic nitrogens is 1. The first-order chi connectivity index (χ1) is 18.6. The van der Waals surface area contributed by atoms with E-state index in [0.717, 1.165) is 5.70 Å². The zero-order valence-corrected chi connectivity index (χ0v) is 23.4. The Hall–Kier alpha value is -4.21. The van der Waals surface area contributed by atoms with Gasteiger partial charge in [0, 0.05) is 46.0 Å². The number of anilines is 1. The summed E-state index contributed by atoms with van der Waals surface area (Å²) in [5.41, 5.74) is 1.93. The number of nitrogens with zero attached hydrogens (tertiary/aromatic N) is 7. The molecule has 39 heavy (non-hydrogen) atoms. The quantitative estimate of drug-likeness (QED) is 0.248. The Bertz CT molecular complexity index is 1310. The number of allylic oxidation sites excluding steroid dienone is 1. The van der Waals surface area contributed by atoms with Gasteiger partial charge in [0.05, 0.1) is 18.2 Å². The Morgan fingerprint density at radius 1 is 1.31 bits per heavy atom. The number of carbonyl (C=O) groups is 1. The molecule has 12 heteroatoms. The summed E-state index contributed by atoms with van der Waals surface area (Å²) in [4.78, 5) is 25.6. The molecule has 1 fully saturated rings. The van der Waals surface area contributed by atoms with Crippen LogP contribution >= 0.6 is 11.3 Å². The van der Waals surface area contributed by atoms with Gasteiger partial charge in [-0.3, -0.25) is 14.8 Å². The van der Waals surface area contributed by atoms with E-state index in [1.54, 1.807) is 35.3 Å². The first-order valence-electron chi connectivity index (χ1n) is 12.3. The van der Waals surface area contributed by atoms with E-state index in [1.807, 2.05) is 30.9 Å². The molecule has 206 valence electrons. The van der Waals surface area contributed by atoms with Crippen LogP contribution in [0.15, 0.2) is 66.3 Å². The summed E-state index contributed by atoms with van der Waals surface area (Å²) in [5, 5.41) is 26.7. The molecule has 2 heterocycles. The number of rotatable bonds is 11. The van der Waals surface area contributed by atoms with Gasteiger partial charge >= 0.3 is 0 Å². The fourth-order valence-corrected chi connectivity index (χ4v) is 4.91. The van der Waals surface area contributed by atoms with Crippen molar-refractivity contribution in [2.24, 2.45) is 4.99 Å². The summed E-state index contributed by atoms with van der Waals surface area (Å²) in [6.07, 6.45) is 3.07. The van der Waals surface area contributed by atoms with Gasteiger partial charge < -0.3 is 20.2 Å². The van der Waals surface area contributed by atoms with Crippen molar-refractivity contribution in [3.05, 3.63) is 72.0 Å². The third-order valence-corrected chi connectivity index (χ3v) is 7.32. The Balaban J connectivity index is 1.95. The predicted octanol–water partition coefficient (Wildman–Crippen LogP) is 3.48. The molecule has 1 saturated heterocycles. The molecule has 0 saturated carbocycles. The molecule has 0 unspecified atom stereocenters. The topological polar surface area (TPSA) is 111 Å². The van der Waals surface area contributed by atoms with Crippen molar-refractivity contribution in [2.45, 2.75) is 25.9 Å². The molecule has 0 bridgehead atoms. The molecule has 0 spiro atoms. The highest BCUT2D eigenvalue weighted by molar-refractivity contribution is 7.16. The number of thiazole rings is 1. The third-order valence-electron chi connectivity index (χ3n) is 6.28. The number of hydrogen-bond donors (Lipinski definition) is 2. The number of nitrogens with one attached hydrogen (secondary N) is 1. The lowest BCUT2D eigenvalue weighted by atomic mass is 10.1. The van der Waals surface area contributed by atoms with E-state index in [-0.39, 0.29) is 18.1 Å². The van der Waals surface area contributed by atoms with Crippen molar-refractivity contribution in [2.75, 3.05) is 39.1 Å². The summed E-state index contributed by atoms with van der Waals surface area (Å²) in [6.45, 7) is 10.1. The Kier molecular flexibility index (Phi) is 9.81. The van der Waals surface area contributed by atoms with Gasteiger partial charge in [-0.05, 0) is 36.9 Å². The van der Waals surface area contributed by atoms with Gasteiger partial charge in [0.25, 0.3) is 0 Å². The lowest BCUT2D eigenvalue weighted by molar-refractivity contribution is -0.140. The molecule has 1 aromatic carbocycles. The molecular weight excluding hydrogens is 519 g/mol. The van der Waals surface area contributed by atoms with Gasteiger partial charge in [-0.25, -0.2) is 14.4 Å². The summed E-state index contributed by atoms with van der Waals surface area (Å²) in [6, 6.07) is 8.05. The van der Waals surface area contributed by atoms with E-state index in [2.05, 4.69) is 29.5 Å². The second kappa shape index (κ2) is 13.0. The third kappa shape index (κ3) is 6.63. The maximum Gasteiger partial charge on any atom is 0.230 e. The first-order valence-corrected chi connectivity index (χ1v) is 13.1. The van der Waals surface area contributed by atoms with Crippen LogP contribution in [0.5, 0.6) is 0 Å². The number of aliphatic imine (C=N–C) groups is 1. The highest BCUT2D eigenvalue weighted by Gasteiger charge is 2.31. The molecule has 2 aromatic rings. The molecule has 10 nitrogen and oxygen atoms in total. The van der Waals surface area contributed by atoms with E-state index in [4.69, 9.17) is 4.98 Å². The summed E-state index contributed by atoms with van der Waals surface area (Å²) in [7, 11) is 5.47. The van der Waals surface area contributed by atoms with Crippen LogP contribution < -0.4 is 10.2 Å². The van der Waals surface area contributed by atoms with E-state index >= 15 is 0 Å². The number of carbonyl (C=O) groups excluding carboxylic acids is 1. The van der Waals surface area contributed by atoms with Gasteiger partial charge in [-0.1, -0.05) is 31.4 Å². The van der Waals surface area contributed by atoms with E-state index in [9.17, 15) is 19.6 Å². The largest absolute Gasteiger partial charge is 0.389 e. The van der Waals surface area contributed by atoms with E-state index in [0.29, 0.717) is 52.4 Å². The number of aliphatic hydroxyl groups is 1. The van der Waals surface area contributed by atoms with Crippen LogP contribution in [0.4, 0.5) is 9.52 Å². The minimum absolute atomic E-state index is 0.0374. The number of hydrazine groups is 1. The number of β-amino-alcohol motifs (C(OH)–C–C–N with tert-alkyl or cyclic N) is 1. The predicted molar refractivity (Wildman–Crippen MR) is 152 cm³/mol. The van der Waals surface area contributed by atoms with Crippen LogP contribution in [0.25, 0.3) is 11.3 Å². The molecule has 3 rings (SSSR count). The Morgan fingerprint density at radius 2 is 1.97 bits per heavy atom. The standard InChI is InChI=1S/C27H33FN8O2S/c1-7-21(34(5)35(6)23(30-8-2)14-24(38)36-16-20(37)17-36)26(31-9-3)33(4)27-32-25(22(15-29)39-27)18-10-12-19(28)13-11-18/h8-13,20,31,37H,2-3,7,14,16-17H2,1,4-6H3/b26-21+,30-23?. The summed E-state index contributed by atoms with van der Waals surface area (Å²) >= 11 is 1.22. The zero-order chi connectivity index (χ0) is 28.7. The Morgan fingerprint density at radius 3 is 2.51 bits per heavy atom. The maximum absolute atomic E-state index is 13.5. The first kappa shape index (κ1) is 29.3. The smallest absolute Gasteiger partial charge is 0.230 e. The van der Waals surface area contributed by atoms with Gasteiger partial charge in [-0.15, -0.1) is 0 Å². The molecule has 0 aliphatic carbocycles. The maximum atomic E-state index is 13.5. The molecule has 0 radical (unpaired) electrons. The highest BCUT2D eigenvalue weighted by Crippen LogP contribution is 2.34. The number of likely N-dealkylation sites (tertiary alicyclic amines) is 1. The Labute approximate surface area is 232 Å². The average molecular weight is 553 g/mol. The molecular formula is C27H33FN8O2S. The van der Waals surface area contributed by atoms with Gasteiger partial charge in [0.1, 0.15) is 34.1 Å². The normalized spacial score (nSPS) is 14.1. The van der Waals surface area contributed by atoms with Crippen molar-refractivity contribution in [1.82, 2.24) is 25.2 Å². The molecule has 1 amide bonds. The molecule has 1 aromatic heterocycles. The molecule has 0 atom stereocenters. The van der Waals surface area contributed by atoms with Gasteiger partial charge in [0.2, 0.25) is 5.91 Å². The van der Waals surface area contributed by atoms with Crippen LogP contribution in [-0.2, 0) is 4.79 Å². The van der Waals surface area contributed by atoms with Crippen LogP contribution in [-0.4, -0.2) is 77.1 Å². The molecule has 1 aliphatic rings. The minimum atomic E-state index is -0.483. The summed E-state index contributed by atoms with van der Waals surface area (Å²) < 4.78 is 13.5. The van der Waals surface area contributed by atoms with E-state index in [1.165, 1.54) is 29.7 Å². The highest BCUT2D eigenvalue weighted by atomic mass is 32.1. The number of amidine groups is 1. The number of amides is 1. The van der Waals surface area contributed by atoms with Crippen molar-refractivity contribution in [1.29, 1.82) is 5.26 Å². The van der Waals surface area contributed by atoms with Crippen LogP contribution in [0.2, 0.25) is 0 Å². The zero-order valence-electron chi connectivity index (χ0n) is 22.6. The fraction of sp³-hybridized carbons (Fsp3) is 0.333. The monoisotopic (exact) mass is 552 g/mol. The molecule has 1 aliphatic heterocycles. The summed E-state index contributed by atoms with van der Waals surface area (Å²) in [5.74, 6) is 0.629. The number of nitriles is 1. The number of benzene rings is 1.